The van der Waals surface area contributed by atoms with Crippen molar-refractivity contribution in [2.45, 2.75) is 31.0 Å². The number of benzene rings is 1. The van der Waals surface area contributed by atoms with Crippen molar-refractivity contribution >= 4 is 34.9 Å². The smallest absolute Gasteiger partial charge is 0.232 e. The van der Waals surface area contributed by atoms with Gasteiger partial charge in [0.2, 0.25) is 11.6 Å². The summed E-state index contributed by atoms with van der Waals surface area (Å²) in [6.07, 6.45) is 0.600. The van der Waals surface area contributed by atoms with E-state index in [1.807, 2.05) is 45.3 Å². The van der Waals surface area contributed by atoms with Crippen LogP contribution in [-0.4, -0.2) is 25.0 Å². The number of nitriles is 1. The number of carbonyl (C=O) groups is 1. The van der Waals surface area contributed by atoms with E-state index in [0.717, 1.165) is 16.8 Å². The minimum absolute atomic E-state index is 0.108. The Hall–Kier alpha value is -3.03. The molecule has 6 nitrogen and oxygen atoms in total. The van der Waals surface area contributed by atoms with E-state index in [2.05, 4.69) is 21.2 Å². The molecule has 7 heteroatoms. The molecule has 0 unspecified atom stereocenters. The van der Waals surface area contributed by atoms with Crippen molar-refractivity contribution in [3.8, 4) is 6.07 Å². The Morgan fingerprint density at radius 1 is 1.37 bits per heavy atom. The van der Waals surface area contributed by atoms with E-state index < -0.39 is 0 Å². The number of thioether (sulfide) groups is 1. The zero-order valence-corrected chi connectivity index (χ0v) is 16.6. The van der Waals surface area contributed by atoms with Gasteiger partial charge < -0.3 is 10.2 Å². The summed E-state index contributed by atoms with van der Waals surface area (Å²) in [5.74, 6) is 1.11. The van der Waals surface area contributed by atoms with Crippen molar-refractivity contribution in [1.29, 1.82) is 5.26 Å². The normalized spacial score (nSPS) is 10.0. The molecular formula is C20H21N5OS. The molecule has 0 saturated heterocycles. The number of hydrogen-bond acceptors (Lipinski definition) is 5. The molecular weight excluding hydrogens is 358 g/mol. The summed E-state index contributed by atoms with van der Waals surface area (Å²) in [6, 6.07) is 9.80. The first-order chi connectivity index (χ1) is 12.9. The van der Waals surface area contributed by atoms with Gasteiger partial charge in [0.1, 0.15) is 16.9 Å². The van der Waals surface area contributed by atoms with Crippen LogP contribution in [0.5, 0.6) is 0 Å². The van der Waals surface area contributed by atoms with Crippen molar-refractivity contribution in [2.75, 3.05) is 24.3 Å². The lowest BCUT2D eigenvalue weighted by molar-refractivity contribution is -0.114. The highest BCUT2D eigenvalue weighted by Gasteiger charge is 2.20. The Bertz CT molecular complexity index is 923. The summed E-state index contributed by atoms with van der Waals surface area (Å²) in [5, 5.41) is 13.0. The molecule has 1 N–H and O–H groups in total. The summed E-state index contributed by atoms with van der Waals surface area (Å²) >= 11 is 1.47. The summed E-state index contributed by atoms with van der Waals surface area (Å²) in [6.45, 7) is 10.9. The average molecular weight is 379 g/mol. The number of aromatic nitrogens is 1. The molecule has 1 amide bonds. The lowest BCUT2D eigenvalue weighted by atomic mass is 10.1. The monoisotopic (exact) mass is 379 g/mol. The quantitative estimate of drug-likeness (QED) is 0.595. The maximum absolute atomic E-state index is 11.1. The molecule has 27 heavy (non-hydrogen) atoms. The Kier molecular flexibility index (Phi) is 6.81. The van der Waals surface area contributed by atoms with Gasteiger partial charge in [-0.15, -0.1) is 11.8 Å². The second kappa shape index (κ2) is 9.07. The Balaban J connectivity index is 2.33. The predicted molar refractivity (Wildman–Crippen MR) is 109 cm³/mol. The van der Waals surface area contributed by atoms with Gasteiger partial charge in [-0.25, -0.2) is 9.83 Å². The molecule has 0 fully saturated rings. The lowest BCUT2D eigenvalue weighted by Gasteiger charge is -2.18. The fraction of sp³-hybridized carbons (Fsp3) is 0.300. The molecule has 0 atom stereocenters. The van der Waals surface area contributed by atoms with Crippen molar-refractivity contribution < 1.29 is 4.79 Å². The van der Waals surface area contributed by atoms with Crippen LogP contribution in [0.25, 0.3) is 4.85 Å². The van der Waals surface area contributed by atoms with Crippen LogP contribution >= 0.6 is 11.8 Å². The number of carbonyl (C=O) groups excluding carboxylic acids is 1. The summed E-state index contributed by atoms with van der Waals surface area (Å²) in [5.41, 5.74) is 3.47. The zero-order chi connectivity index (χ0) is 20.0. The van der Waals surface area contributed by atoms with Gasteiger partial charge in [0.15, 0.2) is 0 Å². The van der Waals surface area contributed by atoms with Crippen LogP contribution in [0.4, 0.5) is 17.2 Å². The molecule has 1 heterocycles. The van der Waals surface area contributed by atoms with E-state index in [0.29, 0.717) is 34.3 Å². The van der Waals surface area contributed by atoms with Crippen LogP contribution in [0.1, 0.15) is 30.5 Å². The van der Waals surface area contributed by atoms with Crippen LogP contribution in [0, 0.1) is 17.9 Å². The third kappa shape index (κ3) is 4.78. The van der Waals surface area contributed by atoms with E-state index in [1.54, 1.807) is 4.90 Å². The van der Waals surface area contributed by atoms with E-state index in [4.69, 9.17) is 6.57 Å². The van der Waals surface area contributed by atoms with Gasteiger partial charge in [0.05, 0.1) is 12.1 Å². The third-order valence-electron chi connectivity index (χ3n) is 3.87. The third-order valence-corrected chi connectivity index (χ3v) is 4.92. The van der Waals surface area contributed by atoms with Gasteiger partial charge in [0.25, 0.3) is 0 Å². The van der Waals surface area contributed by atoms with Crippen molar-refractivity contribution in [1.82, 2.24) is 4.98 Å². The molecule has 138 valence electrons. The Morgan fingerprint density at radius 2 is 2.04 bits per heavy atom. The number of rotatable bonds is 6. The van der Waals surface area contributed by atoms with E-state index in [1.165, 1.54) is 18.7 Å². The molecule has 1 aromatic carbocycles. The number of pyridine rings is 1. The van der Waals surface area contributed by atoms with Crippen LogP contribution in [-0.2, 0) is 17.0 Å². The molecule has 0 aliphatic carbocycles. The predicted octanol–water partition coefficient (Wildman–Crippen LogP) is 4.38. The van der Waals surface area contributed by atoms with Crippen LogP contribution in [0.15, 0.2) is 29.3 Å². The lowest BCUT2D eigenvalue weighted by Crippen LogP contribution is -2.13. The summed E-state index contributed by atoms with van der Waals surface area (Å²) in [7, 11) is 3.69. The molecule has 0 aliphatic rings. The highest BCUT2D eigenvalue weighted by molar-refractivity contribution is 7.98. The van der Waals surface area contributed by atoms with Gasteiger partial charge >= 0.3 is 0 Å². The highest BCUT2D eigenvalue weighted by atomic mass is 32.2. The van der Waals surface area contributed by atoms with Gasteiger partial charge in [-0.1, -0.05) is 19.1 Å². The molecule has 0 saturated carbocycles. The molecule has 0 bridgehead atoms. The molecule has 0 aliphatic heterocycles. The number of anilines is 2. The highest BCUT2D eigenvalue weighted by Crippen LogP contribution is 2.38. The molecule has 0 spiro atoms. The van der Waals surface area contributed by atoms with Crippen molar-refractivity contribution in [3.63, 3.8) is 0 Å². The minimum Gasteiger partial charge on any atom is -0.371 e. The summed E-state index contributed by atoms with van der Waals surface area (Å²) < 4.78 is 0. The number of nitrogens with zero attached hydrogens (tertiary/aromatic N) is 4. The van der Waals surface area contributed by atoms with Gasteiger partial charge in [-0.2, -0.15) is 5.26 Å². The second-order valence-corrected chi connectivity index (χ2v) is 7.05. The second-order valence-electron chi connectivity index (χ2n) is 6.08. The minimum atomic E-state index is -0.108. The average Bonchev–Trinajstić information content (AvgIpc) is 2.65. The Labute approximate surface area is 164 Å². The van der Waals surface area contributed by atoms with Gasteiger partial charge in [-0.05, 0) is 29.7 Å². The van der Waals surface area contributed by atoms with Crippen LogP contribution in [0.2, 0.25) is 0 Å². The Morgan fingerprint density at radius 3 is 2.52 bits per heavy atom. The maximum Gasteiger partial charge on any atom is 0.232 e. The summed E-state index contributed by atoms with van der Waals surface area (Å²) in [4.78, 5) is 21.1. The number of amides is 1. The van der Waals surface area contributed by atoms with E-state index in [-0.39, 0.29) is 5.91 Å². The first-order valence-corrected chi connectivity index (χ1v) is 9.40. The molecule has 2 rings (SSSR count). The topological polar surface area (TPSA) is 73.4 Å². The maximum atomic E-state index is 11.1. The first kappa shape index (κ1) is 20.3. The number of nitrogens with one attached hydrogen (secondary N) is 1. The fourth-order valence-corrected chi connectivity index (χ4v) is 3.58. The largest absolute Gasteiger partial charge is 0.371 e. The molecule has 2 aromatic rings. The number of hydrogen-bond donors (Lipinski definition) is 1. The molecule has 0 radical (unpaired) electrons. The van der Waals surface area contributed by atoms with Crippen LogP contribution < -0.4 is 10.2 Å². The van der Waals surface area contributed by atoms with Crippen molar-refractivity contribution in [3.05, 3.63) is 52.4 Å². The van der Waals surface area contributed by atoms with Gasteiger partial charge in [-0.3, -0.25) is 4.79 Å². The van der Waals surface area contributed by atoms with E-state index in [9.17, 15) is 10.1 Å². The van der Waals surface area contributed by atoms with Crippen LogP contribution in [0.3, 0.4) is 0 Å². The zero-order valence-electron chi connectivity index (χ0n) is 15.8. The molecule has 1 aromatic heterocycles. The van der Waals surface area contributed by atoms with Gasteiger partial charge in [0, 0.05) is 32.5 Å². The first-order valence-electron chi connectivity index (χ1n) is 8.42. The fourth-order valence-electron chi connectivity index (χ4n) is 2.62. The standard InChI is InChI=1S/C20H21N5OS/c1-6-16-17(11-21)20(24-19(25(4)5)18(16)22-3)27-12-14-7-9-15(10-8-14)23-13(2)26/h7-10H,6,12H2,1-2,4-5H3,(H,23,26). The van der Waals surface area contributed by atoms with Crippen molar-refractivity contribution in [2.24, 2.45) is 0 Å². The SMILES string of the molecule is [C-]#[N+]c1c(N(C)C)nc(SCc2ccc(NC(C)=O)cc2)c(C#N)c1CC. The van der Waals surface area contributed by atoms with E-state index >= 15 is 0 Å².